The Morgan fingerprint density at radius 3 is 2.84 bits per heavy atom. The number of hydrogen-bond acceptors (Lipinski definition) is 4. The van der Waals surface area contributed by atoms with Crippen LogP contribution in [-0.2, 0) is 17.6 Å². The van der Waals surface area contributed by atoms with Crippen molar-refractivity contribution in [3.05, 3.63) is 46.3 Å². The molecule has 3 rings (SSSR count). The van der Waals surface area contributed by atoms with Crippen LogP contribution in [0.1, 0.15) is 24.8 Å². The second-order valence-corrected chi connectivity index (χ2v) is 8.77. The van der Waals surface area contributed by atoms with Crippen LogP contribution in [0, 0.1) is 0 Å². The van der Waals surface area contributed by atoms with Crippen LogP contribution in [0.4, 0.5) is 0 Å². The van der Waals surface area contributed by atoms with E-state index in [0.717, 1.165) is 6.42 Å². The highest BCUT2D eigenvalue weighted by molar-refractivity contribution is 8.02. The van der Waals surface area contributed by atoms with Crippen molar-refractivity contribution in [1.82, 2.24) is 0 Å². The molecule has 1 aromatic heterocycles. The summed E-state index contributed by atoms with van der Waals surface area (Å²) < 4.78 is 25.4. The van der Waals surface area contributed by atoms with Crippen LogP contribution in [0.25, 0.3) is 27.1 Å². The number of aromatic nitrogens is 1. The van der Waals surface area contributed by atoms with E-state index in [2.05, 4.69) is 60.2 Å². The Hall–Kier alpha value is -1.21. The first-order valence-corrected chi connectivity index (χ1v) is 11.6. The summed E-state index contributed by atoms with van der Waals surface area (Å²) in [6.45, 7) is 2.87. The Labute approximate surface area is 159 Å². The van der Waals surface area contributed by atoms with Gasteiger partial charge >= 0.3 is 0 Å². The van der Waals surface area contributed by atoms with Crippen molar-refractivity contribution in [2.45, 2.75) is 26.3 Å². The normalized spacial score (nSPS) is 13.6. The molecule has 0 radical (unpaired) electrons. The number of allylic oxidation sites excluding steroid dienone is 1. The second-order valence-electron chi connectivity index (χ2n) is 5.76. The Bertz CT molecular complexity index is 940. The van der Waals surface area contributed by atoms with Crippen LogP contribution in [-0.4, -0.2) is 20.8 Å². The third kappa shape index (κ3) is 4.14. The topological polar surface area (TPSA) is 44.0 Å². The number of rotatable bonds is 7. The van der Waals surface area contributed by atoms with Gasteiger partial charge in [0, 0.05) is 18.2 Å². The summed E-state index contributed by atoms with van der Waals surface area (Å²) in [6, 6.07) is 12.7. The van der Waals surface area contributed by atoms with Crippen LogP contribution >= 0.6 is 23.1 Å². The molecule has 0 aliphatic carbocycles. The Balaban J connectivity index is 2.18. The molecule has 1 unspecified atom stereocenters. The maximum Gasteiger partial charge on any atom is 0.263 e. The van der Waals surface area contributed by atoms with Gasteiger partial charge in [-0.2, -0.15) is 4.57 Å². The van der Waals surface area contributed by atoms with Crippen LogP contribution in [0.2, 0.25) is 0 Å². The maximum absolute atomic E-state index is 10.9. The van der Waals surface area contributed by atoms with Crippen LogP contribution in [0.15, 0.2) is 41.3 Å². The van der Waals surface area contributed by atoms with Crippen LogP contribution in [0.5, 0.6) is 0 Å². The van der Waals surface area contributed by atoms with Gasteiger partial charge in [0.1, 0.15) is 4.70 Å². The number of nitrogens with zero attached hydrogens (tertiary/aromatic N) is 1. The van der Waals surface area contributed by atoms with Gasteiger partial charge in [-0.15, -0.1) is 11.8 Å². The number of thiazole rings is 1. The highest BCUT2D eigenvalue weighted by Gasteiger charge is 2.21. The van der Waals surface area contributed by atoms with Gasteiger partial charge in [-0.05, 0) is 35.1 Å². The van der Waals surface area contributed by atoms with Crippen molar-refractivity contribution in [2.24, 2.45) is 0 Å². The highest BCUT2D eigenvalue weighted by Crippen LogP contribution is 2.30. The van der Waals surface area contributed by atoms with E-state index in [9.17, 15) is 8.76 Å². The van der Waals surface area contributed by atoms with Crippen molar-refractivity contribution in [3.63, 3.8) is 0 Å². The molecule has 3 nitrogen and oxygen atoms in total. The first-order valence-electron chi connectivity index (χ1n) is 8.28. The maximum atomic E-state index is 10.9. The van der Waals surface area contributed by atoms with Gasteiger partial charge in [0.15, 0.2) is 6.54 Å². The minimum absolute atomic E-state index is 0.196. The summed E-state index contributed by atoms with van der Waals surface area (Å²) in [6.07, 6.45) is 5.97. The number of hydrogen-bond donors (Lipinski definition) is 0. The summed E-state index contributed by atoms with van der Waals surface area (Å²) >= 11 is 1.56. The molecule has 0 saturated heterocycles. The standard InChI is InChI=1S/C19H21NO2S3/c1-3-15(23-2)13-18-20(11-6-12-25(21)22)19-16-8-5-4-7-14(16)9-10-17(19)24-18/h4-5,7-10,13H,3,6,11-12H2,1-2H3/b15-13-. The fraction of sp³-hybridized carbons (Fsp3) is 0.316. The molecule has 0 saturated carbocycles. The lowest BCUT2D eigenvalue weighted by Gasteiger charge is -2.04. The summed E-state index contributed by atoms with van der Waals surface area (Å²) in [5.74, 6) is 0.196. The molecule has 6 heteroatoms. The van der Waals surface area contributed by atoms with Gasteiger partial charge in [-0.1, -0.05) is 53.6 Å². The van der Waals surface area contributed by atoms with E-state index in [1.165, 1.54) is 30.9 Å². The van der Waals surface area contributed by atoms with Gasteiger partial charge in [0.2, 0.25) is 5.52 Å². The average molecular weight is 392 g/mol. The third-order valence-electron chi connectivity index (χ3n) is 4.20. The largest absolute Gasteiger partial charge is 0.772 e. The summed E-state index contributed by atoms with van der Waals surface area (Å²) in [5.41, 5.74) is 1.21. The van der Waals surface area contributed by atoms with Crippen LogP contribution < -0.4 is 4.57 Å². The summed E-state index contributed by atoms with van der Waals surface area (Å²) in [7, 11) is 0. The molecule has 25 heavy (non-hydrogen) atoms. The summed E-state index contributed by atoms with van der Waals surface area (Å²) in [4.78, 5) is 1.33. The average Bonchev–Trinajstić information content (AvgIpc) is 2.97. The first kappa shape index (κ1) is 18.6. The SMILES string of the molecule is CC/C(=C/c1sc2ccc3ccccc3c2[n+]1CCCS(=O)[O-])SC. The molecular weight excluding hydrogens is 370 g/mol. The molecule has 0 aliphatic rings. The van der Waals surface area contributed by atoms with Gasteiger partial charge in [0.25, 0.3) is 5.01 Å². The van der Waals surface area contributed by atoms with Crippen LogP contribution in [0.3, 0.4) is 0 Å². The van der Waals surface area contributed by atoms with Gasteiger partial charge in [-0.3, -0.25) is 4.21 Å². The van der Waals surface area contributed by atoms with E-state index in [-0.39, 0.29) is 5.75 Å². The highest BCUT2D eigenvalue weighted by atomic mass is 32.2. The van der Waals surface area contributed by atoms with Crippen molar-refractivity contribution < 1.29 is 13.3 Å². The molecule has 0 amide bonds. The van der Waals surface area contributed by atoms with Crippen molar-refractivity contribution in [3.8, 4) is 0 Å². The van der Waals surface area contributed by atoms with E-state index in [4.69, 9.17) is 0 Å². The molecule has 0 N–H and O–H groups in total. The minimum atomic E-state index is -1.99. The summed E-state index contributed by atoms with van der Waals surface area (Å²) in [5, 5.41) is 3.63. The minimum Gasteiger partial charge on any atom is -0.772 e. The van der Waals surface area contributed by atoms with E-state index in [1.807, 2.05) is 0 Å². The van der Waals surface area contributed by atoms with Gasteiger partial charge in [-0.25, -0.2) is 0 Å². The van der Waals surface area contributed by atoms with Crippen molar-refractivity contribution in [1.29, 1.82) is 0 Å². The molecule has 3 aromatic rings. The Morgan fingerprint density at radius 1 is 1.32 bits per heavy atom. The predicted molar refractivity (Wildman–Crippen MR) is 110 cm³/mol. The zero-order chi connectivity index (χ0) is 17.8. The number of benzene rings is 2. The molecule has 1 heterocycles. The molecule has 0 bridgehead atoms. The fourth-order valence-electron chi connectivity index (χ4n) is 2.99. The predicted octanol–water partition coefficient (Wildman–Crippen LogP) is 4.73. The molecule has 1 atom stereocenters. The zero-order valence-electron chi connectivity index (χ0n) is 14.4. The number of fused-ring (bicyclic) bond motifs is 3. The zero-order valence-corrected chi connectivity index (χ0v) is 16.8. The van der Waals surface area contributed by atoms with E-state index in [0.29, 0.717) is 13.0 Å². The lowest BCUT2D eigenvalue weighted by molar-refractivity contribution is -0.667. The monoisotopic (exact) mass is 391 g/mol. The number of aryl methyl sites for hydroxylation is 1. The van der Waals surface area contributed by atoms with Crippen molar-refractivity contribution in [2.75, 3.05) is 12.0 Å². The Morgan fingerprint density at radius 2 is 2.12 bits per heavy atom. The Kier molecular flexibility index (Phi) is 6.28. The van der Waals surface area contributed by atoms with Gasteiger partial charge < -0.3 is 4.55 Å². The molecule has 2 aromatic carbocycles. The lowest BCUT2D eigenvalue weighted by Crippen LogP contribution is -2.36. The van der Waals surface area contributed by atoms with E-state index >= 15 is 0 Å². The second kappa shape index (κ2) is 8.45. The quantitative estimate of drug-likeness (QED) is 0.432. The van der Waals surface area contributed by atoms with Gasteiger partial charge in [0.05, 0.1) is 5.39 Å². The van der Waals surface area contributed by atoms with E-state index in [1.54, 1.807) is 23.1 Å². The molecule has 0 aliphatic heterocycles. The smallest absolute Gasteiger partial charge is 0.263 e. The fourth-order valence-corrected chi connectivity index (χ4v) is 5.12. The lowest BCUT2D eigenvalue weighted by atomic mass is 10.1. The first-order chi connectivity index (χ1) is 12.1. The van der Waals surface area contributed by atoms with Crippen molar-refractivity contribution >= 4 is 61.2 Å². The molecule has 0 fully saturated rings. The molecule has 132 valence electrons. The third-order valence-corrected chi connectivity index (χ3v) is 6.85. The molecular formula is C19H21NO2S3. The van der Waals surface area contributed by atoms with E-state index < -0.39 is 11.1 Å². The molecule has 0 spiro atoms. The number of thioether (sulfide) groups is 1.